The third-order valence-electron chi connectivity index (χ3n) is 4.33. The highest BCUT2D eigenvalue weighted by Gasteiger charge is 2.17. The molecule has 2 rings (SSSR count). The lowest BCUT2D eigenvalue weighted by molar-refractivity contribution is -0.114. The van der Waals surface area contributed by atoms with Crippen LogP contribution < -0.4 is 4.74 Å². The number of nitrogens with zero attached hydrogens (tertiary/aromatic N) is 3. The first-order valence-corrected chi connectivity index (χ1v) is 10.3. The number of aromatic nitrogens is 2. The molecular formula is C22H26BrN3O3. The van der Waals surface area contributed by atoms with Gasteiger partial charge in [-0.1, -0.05) is 43.3 Å². The Bertz CT molecular complexity index is 945. The van der Waals surface area contributed by atoms with E-state index in [1.54, 1.807) is 19.1 Å². The standard InChI is InChI=1S/C22H26BrN3O3/c1-6-19-18(10-15(5)22(27)25-28)20(7-2)26(24-19)12-16-11-17(23)8-9-21(16)29-13-14(3)4/h7-11,14H,2,6,12-13H2,1,3-5H3/b15-10+. The number of halogens is 1. The smallest absolute Gasteiger partial charge is 0.312 e. The van der Waals surface area contributed by atoms with E-state index >= 15 is 0 Å². The van der Waals surface area contributed by atoms with Crippen molar-refractivity contribution in [3.05, 3.63) is 62.2 Å². The molecule has 0 atom stereocenters. The third-order valence-corrected chi connectivity index (χ3v) is 4.82. The zero-order chi connectivity index (χ0) is 21.6. The Balaban J connectivity index is 2.49. The van der Waals surface area contributed by atoms with E-state index in [2.05, 4.69) is 41.5 Å². The molecule has 0 radical (unpaired) electrons. The first-order chi connectivity index (χ1) is 13.8. The SMILES string of the molecule is C=Cc1c(/C=C(\C)C(=O)N=O)c(CC)nn1Cc1cc(Br)ccc1OCC(C)C. The lowest BCUT2D eigenvalue weighted by Crippen LogP contribution is -2.09. The summed E-state index contributed by atoms with van der Waals surface area (Å²) in [6, 6.07) is 5.90. The maximum atomic E-state index is 11.6. The molecule has 1 amide bonds. The number of ether oxygens (including phenoxy) is 1. The molecule has 2 aromatic rings. The minimum Gasteiger partial charge on any atom is -0.493 e. The van der Waals surface area contributed by atoms with Crippen molar-refractivity contribution in [1.82, 2.24) is 9.78 Å². The molecule has 0 aliphatic heterocycles. The molecule has 0 bridgehead atoms. The van der Waals surface area contributed by atoms with E-state index in [0.717, 1.165) is 32.7 Å². The van der Waals surface area contributed by atoms with Crippen molar-refractivity contribution in [1.29, 1.82) is 0 Å². The van der Waals surface area contributed by atoms with Crippen LogP contribution in [-0.4, -0.2) is 22.3 Å². The zero-order valence-corrected chi connectivity index (χ0v) is 18.8. The lowest BCUT2D eigenvalue weighted by Gasteiger charge is -2.14. The summed E-state index contributed by atoms with van der Waals surface area (Å²) >= 11 is 3.52. The molecule has 154 valence electrons. The van der Waals surface area contributed by atoms with Crippen molar-refractivity contribution in [2.75, 3.05) is 6.61 Å². The first-order valence-electron chi connectivity index (χ1n) is 9.49. The Labute approximate surface area is 179 Å². The van der Waals surface area contributed by atoms with Crippen LogP contribution in [0.3, 0.4) is 0 Å². The van der Waals surface area contributed by atoms with Crippen LogP contribution in [0.4, 0.5) is 0 Å². The molecule has 0 saturated carbocycles. The topological polar surface area (TPSA) is 73.5 Å². The predicted octanol–water partition coefficient (Wildman–Crippen LogP) is 5.63. The van der Waals surface area contributed by atoms with Gasteiger partial charge in [-0.3, -0.25) is 9.48 Å². The monoisotopic (exact) mass is 459 g/mol. The van der Waals surface area contributed by atoms with Gasteiger partial charge >= 0.3 is 5.91 Å². The summed E-state index contributed by atoms with van der Waals surface area (Å²) in [6.45, 7) is 12.8. The number of nitroso groups, excluding NO2 is 1. The van der Waals surface area contributed by atoms with Gasteiger partial charge in [0.05, 0.1) is 24.5 Å². The number of aryl methyl sites for hydroxylation is 1. The van der Waals surface area contributed by atoms with Crippen LogP contribution in [0.1, 0.15) is 50.2 Å². The normalized spacial score (nSPS) is 11.6. The largest absolute Gasteiger partial charge is 0.493 e. The molecule has 0 spiro atoms. The number of rotatable bonds is 9. The molecule has 0 unspecified atom stereocenters. The first kappa shape index (κ1) is 22.7. The number of benzene rings is 1. The van der Waals surface area contributed by atoms with Crippen LogP contribution in [0.5, 0.6) is 5.75 Å². The van der Waals surface area contributed by atoms with Crippen LogP contribution in [0.25, 0.3) is 12.2 Å². The molecule has 1 aromatic heterocycles. The van der Waals surface area contributed by atoms with Gasteiger partial charge in [-0.05, 0) is 49.6 Å². The molecule has 0 N–H and O–H groups in total. The summed E-state index contributed by atoms with van der Waals surface area (Å²) in [4.78, 5) is 22.2. The van der Waals surface area contributed by atoms with Gasteiger partial charge in [0.1, 0.15) is 5.75 Å². The molecule has 6 nitrogen and oxygen atoms in total. The average molecular weight is 460 g/mol. The van der Waals surface area contributed by atoms with E-state index in [0.29, 0.717) is 25.5 Å². The minimum absolute atomic E-state index is 0.265. The molecule has 29 heavy (non-hydrogen) atoms. The quantitative estimate of drug-likeness (QED) is 0.359. The van der Waals surface area contributed by atoms with Crippen molar-refractivity contribution < 1.29 is 9.53 Å². The maximum Gasteiger partial charge on any atom is 0.312 e. The Hall–Kier alpha value is -2.54. The summed E-state index contributed by atoms with van der Waals surface area (Å²) in [7, 11) is 0. The summed E-state index contributed by atoms with van der Waals surface area (Å²) in [5.74, 6) is 0.431. The van der Waals surface area contributed by atoms with Crippen molar-refractivity contribution >= 4 is 34.0 Å². The highest BCUT2D eigenvalue weighted by atomic mass is 79.9. The fourth-order valence-electron chi connectivity index (χ4n) is 2.88. The van der Waals surface area contributed by atoms with Crippen LogP contribution in [0, 0.1) is 10.8 Å². The highest BCUT2D eigenvalue weighted by molar-refractivity contribution is 9.10. The second kappa shape index (κ2) is 10.3. The number of carbonyl (C=O) groups excluding carboxylic acids is 1. The van der Waals surface area contributed by atoms with Gasteiger partial charge < -0.3 is 4.74 Å². The minimum atomic E-state index is -0.786. The van der Waals surface area contributed by atoms with Gasteiger partial charge in [0.2, 0.25) is 0 Å². The number of hydrogen-bond acceptors (Lipinski definition) is 4. The summed E-state index contributed by atoms with van der Waals surface area (Å²) in [5, 5.41) is 7.20. The molecule has 0 fully saturated rings. The van der Waals surface area contributed by atoms with Crippen LogP contribution in [0.15, 0.2) is 40.0 Å². The maximum absolute atomic E-state index is 11.6. The lowest BCUT2D eigenvalue weighted by atomic mass is 10.1. The average Bonchev–Trinajstić information content (AvgIpc) is 3.02. The molecule has 0 aliphatic rings. The van der Waals surface area contributed by atoms with Crippen LogP contribution in [0.2, 0.25) is 0 Å². The van der Waals surface area contributed by atoms with Crippen molar-refractivity contribution in [3.63, 3.8) is 0 Å². The van der Waals surface area contributed by atoms with Crippen molar-refractivity contribution in [2.24, 2.45) is 11.1 Å². The predicted molar refractivity (Wildman–Crippen MR) is 120 cm³/mol. The van der Waals surface area contributed by atoms with Gasteiger partial charge in [-0.2, -0.15) is 5.10 Å². The fraction of sp³-hybridized carbons (Fsp3) is 0.364. The Morgan fingerprint density at radius 1 is 1.41 bits per heavy atom. The van der Waals surface area contributed by atoms with Gasteiger partial charge in [-0.15, -0.1) is 4.91 Å². The van der Waals surface area contributed by atoms with E-state index in [4.69, 9.17) is 9.84 Å². The second-order valence-corrected chi connectivity index (χ2v) is 8.06. The van der Waals surface area contributed by atoms with Gasteiger partial charge in [0, 0.05) is 26.3 Å². The van der Waals surface area contributed by atoms with Gasteiger partial charge in [0.25, 0.3) is 0 Å². The fourth-order valence-corrected chi connectivity index (χ4v) is 3.28. The Kier molecular flexibility index (Phi) is 8.08. The molecule has 1 aromatic carbocycles. The zero-order valence-electron chi connectivity index (χ0n) is 17.2. The van der Waals surface area contributed by atoms with E-state index in [1.165, 1.54) is 0 Å². The van der Waals surface area contributed by atoms with Gasteiger partial charge in [-0.25, -0.2) is 0 Å². The van der Waals surface area contributed by atoms with Crippen LogP contribution >= 0.6 is 15.9 Å². The number of hydrogen-bond donors (Lipinski definition) is 0. The molecule has 0 aliphatic carbocycles. The summed E-state index contributed by atoms with van der Waals surface area (Å²) in [6.07, 6.45) is 4.03. The summed E-state index contributed by atoms with van der Waals surface area (Å²) < 4.78 is 8.77. The Morgan fingerprint density at radius 3 is 2.72 bits per heavy atom. The van der Waals surface area contributed by atoms with E-state index in [1.807, 2.05) is 29.8 Å². The van der Waals surface area contributed by atoms with Crippen molar-refractivity contribution in [2.45, 2.75) is 40.7 Å². The second-order valence-electron chi connectivity index (χ2n) is 7.14. The summed E-state index contributed by atoms with van der Waals surface area (Å²) in [5.41, 5.74) is 3.61. The third kappa shape index (κ3) is 5.73. The number of amides is 1. The van der Waals surface area contributed by atoms with E-state index < -0.39 is 5.91 Å². The molecule has 1 heterocycles. The highest BCUT2D eigenvalue weighted by Crippen LogP contribution is 2.27. The molecule has 0 saturated heterocycles. The van der Waals surface area contributed by atoms with Crippen molar-refractivity contribution in [3.8, 4) is 5.75 Å². The van der Waals surface area contributed by atoms with Crippen LogP contribution in [-0.2, 0) is 17.8 Å². The molecule has 7 heteroatoms. The van der Waals surface area contributed by atoms with E-state index in [9.17, 15) is 9.70 Å². The van der Waals surface area contributed by atoms with E-state index in [-0.39, 0.29) is 5.57 Å². The molecular weight excluding hydrogens is 434 g/mol. The van der Waals surface area contributed by atoms with Gasteiger partial charge in [0.15, 0.2) is 0 Å². The number of carbonyl (C=O) groups is 1. The Morgan fingerprint density at radius 2 is 2.14 bits per heavy atom.